The number of carbonyl (C=O) groups excluding carboxylic acids is 3. The summed E-state index contributed by atoms with van der Waals surface area (Å²) in [4.78, 5) is 42.0. The van der Waals surface area contributed by atoms with Crippen LogP contribution in [0.5, 0.6) is 0 Å². The van der Waals surface area contributed by atoms with Crippen molar-refractivity contribution in [2.45, 2.75) is 64.2 Å². The smallest absolute Gasteiger partial charge is 0.317 e. The van der Waals surface area contributed by atoms with Gasteiger partial charge in [0.1, 0.15) is 5.52 Å². The molecule has 10 heteroatoms. The number of ketones is 1. The molecule has 0 radical (unpaired) electrons. The summed E-state index contributed by atoms with van der Waals surface area (Å²) in [6.07, 6.45) is -0.730. The molecule has 0 spiro atoms. The highest BCUT2D eigenvalue weighted by Crippen LogP contribution is 2.44. The third-order valence-electron chi connectivity index (χ3n) is 6.35. The lowest BCUT2D eigenvalue weighted by Crippen LogP contribution is -2.63. The highest BCUT2D eigenvalue weighted by Gasteiger charge is 2.67. The molecular weight excluding hydrogens is 425 g/mol. The van der Waals surface area contributed by atoms with E-state index in [-0.39, 0.29) is 34.7 Å². The van der Waals surface area contributed by atoms with Crippen LogP contribution in [0.15, 0.2) is 18.2 Å². The molecular formula is C22H25F3N4O3. The van der Waals surface area contributed by atoms with Gasteiger partial charge in [0.2, 0.25) is 11.9 Å². The van der Waals surface area contributed by atoms with Crippen molar-refractivity contribution in [2.24, 2.45) is 11.8 Å². The lowest BCUT2D eigenvalue weighted by Gasteiger charge is -2.32. The molecule has 1 aliphatic heterocycles. The van der Waals surface area contributed by atoms with E-state index in [9.17, 15) is 27.6 Å². The van der Waals surface area contributed by atoms with Gasteiger partial charge in [-0.25, -0.2) is 4.98 Å². The zero-order valence-corrected chi connectivity index (χ0v) is 17.9. The zero-order chi connectivity index (χ0) is 23.3. The molecule has 1 fully saturated rings. The van der Waals surface area contributed by atoms with Gasteiger partial charge in [0.15, 0.2) is 5.78 Å². The maximum atomic E-state index is 14.4. The molecule has 2 heterocycles. The van der Waals surface area contributed by atoms with Gasteiger partial charge in [-0.15, -0.1) is 0 Å². The second kappa shape index (κ2) is 7.90. The predicted molar refractivity (Wildman–Crippen MR) is 111 cm³/mol. The average molecular weight is 450 g/mol. The Morgan fingerprint density at radius 1 is 1.28 bits per heavy atom. The Balaban J connectivity index is 1.77. The van der Waals surface area contributed by atoms with Crippen LogP contribution in [0.1, 0.15) is 62.7 Å². The number of nitrogens with one attached hydrogen (secondary N) is 2. The molecule has 2 aliphatic rings. The van der Waals surface area contributed by atoms with E-state index in [4.69, 9.17) is 0 Å². The SMILES string of the molecule is CC(C)C(=O)c1cccc2c1nc1n2C(NC(=O)CCC2CCCC2)(C(F)(F)F)C(=O)N1. The number of rotatable bonds is 6. The Labute approximate surface area is 182 Å². The topological polar surface area (TPSA) is 93.1 Å². The molecule has 0 saturated heterocycles. The highest BCUT2D eigenvalue weighted by atomic mass is 19.4. The maximum absolute atomic E-state index is 14.4. The average Bonchev–Trinajstić information content (AvgIpc) is 3.41. The van der Waals surface area contributed by atoms with Crippen molar-refractivity contribution in [3.8, 4) is 0 Å². The van der Waals surface area contributed by atoms with Gasteiger partial charge in [0.05, 0.1) is 5.52 Å². The van der Waals surface area contributed by atoms with Crippen LogP contribution in [0.25, 0.3) is 11.0 Å². The minimum Gasteiger partial charge on any atom is -0.317 e. The summed E-state index contributed by atoms with van der Waals surface area (Å²) < 4.78 is 44.0. The van der Waals surface area contributed by atoms with Crippen LogP contribution in [-0.2, 0) is 15.3 Å². The lowest BCUT2D eigenvalue weighted by molar-refractivity contribution is -0.217. The van der Waals surface area contributed by atoms with Gasteiger partial charge in [-0.1, -0.05) is 45.6 Å². The van der Waals surface area contributed by atoms with Crippen LogP contribution < -0.4 is 10.6 Å². The first-order valence-electron chi connectivity index (χ1n) is 10.8. The first-order chi connectivity index (χ1) is 15.1. The zero-order valence-electron chi connectivity index (χ0n) is 17.9. The highest BCUT2D eigenvalue weighted by molar-refractivity contribution is 6.10. The number of halogens is 3. The molecule has 32 heavy (non-hydrogen) atoms. The fourth-order valence-corrected chi connectivity index (χ4v) is 4.66. The molecule has 1 atom stereocenters. The van der Waals surface area contributed by atoms with Crippen LogP contribution in [-0.4, -0.2) is 33.3 Å². The number of aromatic nitrogens is 2. The van der Waals surface area contributed by atoms with Crippen molar-refractivity contribution in [3.05, 3.63) is 23.8 Å². The largest absolute Gasteiger partial charge is 0.440 e. The van der Waals surface area contributed by atoms with Gasteiger partial charge in [0.25, 0.3) is 11.6 Å². The quantitative estimate of drug-likeness (QED) is 0.648. The fourth-order valence-electron chi connectivity index (χ4n) is 4.66. The molecule has 1 saturated carbocycles. The van der Waals surface area contributed by atoms with Gasteiger partial charge in [-0.2, -0.15) is 13.2 Å². The van der Waals surface area contributed by atoms with E-state index in [1.165, 1.54) is 18.2 Å². The number of para-hydroxylation sites is 1. The number of fused-ring (bicyclic) bond motifs is 3. The minimum absolute atomic E-state index is 0.0510. The first kappa shape index (κ1) is 22.3. The molecule has 0 bridgehead atoms. The van der Waals surface area contributed by atoms with Crippen molar-refractivity contribution in [1.82, 2.24) is 14.9 Å². The van der Waals surface area contributed by atoms with Crippen LogP contribution in [0.2, 0.25) is 0 Å². The molecule has 1 aromatic carbocycles. The second-order valence-corrected chi connectivity index (χ2v) is 8.86. The number of imidazole rings is 1. The van der Waals surface area contributed by atoms with Crippen molar-refractivity contribution in [1.29, 1.82) is 0 Å². The number of amides is 2. The number of anilines is 1. The van der Waals surface area contributed by atoms with Crippen molar-refractivity contribution in [3.63, 3.8) is 0 Å². The van der Waals surface area contributed by atoms with Crippen LogP contribution in [0.4, 0.5) is 19.1 Å². The molecule has 172 valence electrons. The maximum Gasteiger partial charge on any atom is 0.440 e. The Morgan fingerprint density at radius 3 is 2.59 bits per heavy atom. The van der Waals surface area contributed by atoms with Gasteiger partial charge in [-0.05, 0) is 24.5 Å². The third-order valence-corrected chi connectivity index (χ3v) is 6.35. The fraction of sp³-hybridized carbons (Fsp3) is 0.545. The van der Waals surface area contributed by atoms with Crippen LogP contribution in [0.3, 0.4) is 0 Å². The molecule has 2 aromatic rings. The van der Waals surface area contributed by atoms with Crippen molar-refractivity contribution >= 4 is 34.6 Å². The second-order valence-electron chi connectivity index (χ2n) is 8.86. The van der Waals surface area contributed by atoms with E-state index < -0.39 is 29.6 Å². The number of nitrogens with zero attached hydrogens (tertiary/aromatic N) is 2. The summed E-state index contributed by atoms with van der Waals surface area (Å²) in [5.41, 5.74) is -3.17. The summed E-state index contributed by atoms with van der Waals surface area (Å²) >= 11 is 0. The Morgan fingerprint density at radius 2 is 1.97 bits per heavy atom. The lowest BCUT2D eigenvalue weighted by atomic mass is 9.99. The number of hydrogen-bond donors (Lipinski definition) is 2. The van der Waals surface area contributed by atoms with E-state index in [1.807, 2.05) is 5.32 Å². The minimum atomic E-state index is -5.14. The number of alkyl halides is 3. The Hall–Kier alpha value is -2.91. The van der Waals surface area contributed by atoms with E-state index in [2.05, 4.69) is 10.3 Å². The number of hydrogen-bond acceptors (Lipinski definition) is 4. The van der Waals surface area contributed by atoms with Crippen molar-refractivity contribution in [2.75, 3.05) is 5.32 Å². The van der Waals surface area contributed by atoms with Gasteiger partial charge in [0, 0.05) is 17.9 Å². The number of carbonyl (C=O) groups is 3. The summed E-state index contributed by atoms with van der Waals surface area (Å²) in [7, 11) is 0. The third kappa shape index (κ3) is 3.45. The van der Waals surface area contributed by atoms with E-state index in [0.29, 0.717) is 16.9 Å². The number of Topliss-reactive ketones (excluding diaryl/α,β-unsaturated/α-hetero) is 1. The van der Waals surface area contributed by atoms with E-state index >= 15 is 0 Å². The van der Waals surface area contributed by atoms with Gasteiger partial charge < -0.3 is 5.32 Å². The summed E-state index contributed by atoms with van der Waals surface area (Å²) in [5, 5.41) is 4.12. The van der Waals surface area contributed by atoms with Crippen molar-refractivity contribution < 1.29 is 27.6 Å². The molecule has 2 N–H and O–H groups in total. The van der Waals surface area contributed by atoms with Crippen LogP contribution >= 0.6 is 0 Å². The molecule has 1 aliphatic carbocycles. The van der Waals surface area contributed by atoms with E-state index in [1.54, 1.807) is 13.8 Å². The van der Waals surface area contributed by atoms with Gasteiger partial charge in [-0.3, -0.25) is 24.3 Å². The molecule has 1 unspecified atom stereocenters. The summed E-state index contributed by atoms with van der Waals surface area (Å²) in [6.45, 7) is 3.36. The number of benzene rings is 1. The Bertz CT molecular complexity index is 1090. The summed E-state index contributed by atoms with van der Waals surface area (Å²) in [5.74, 6) is -3.00. The molecule has 7 nitrogen and oxygen atoms in total. The summed E-state index contributed by atoms with van der Waals surface area (Å²) in [6, 6.07) is 4.29. The predicted octanol–water partition coefficient (Wildman–Crippen LogP) is 4.13. The molecule has 4 rings (SSSR count). The Kier molecular flexibility index (Phi) is 5.50. The monoisotopic (exact) mass is 450 g/mol. The molecule has 1 aromatic heterocycles. The standard InChI is InChI=1S/C22H25F3N4O3/c1-12(2)18(31)14-8-5-9-15-17(14)26-20-27-19(32)21(29(15)20,22(23,24)25)28-16(30)11-10-13-6-3-4-7-13/h5,8-9,12-13H,3-4,6-7,10-11H2,1-2H3,(H,28,30)(H,26,27,32). The first-order valence-corrected chi connectivity index (χ1v) is 10.8. The van der Waals surface area contributed by atoms with Gasteiger partial charge >= 0.3 is 6.18 Å². The van der Waals surface area contributed by atoms with E-state index in [0.717, 1.165) is 25.7 Å². The normalized spacial score (nSPS) is 21.2. The van der Waals surface area contributed by atoms with Crippen LogP contribution in [0, 0.1) is 11.8 Å². The molecule has 2 amide bonds.